The highest BCUT2D eigenvalue weighted by molar-refractivity contribution is 6.05. The molecule has 3 aromatic carbocycles. The molecule has 1 unspecified atom stereocenters. The number of hydrogen-bond donors (Lipinski definition) is 3. The van der Waals surface area contributed by atoms with Crippen LogP contribution in [-0.4, -0.2) is 36.1 Å². The van der Waals surface area contributed by atoms with Gasteiger partial charge in [0.2, 0.25) is 0 Å². The predicted octanol–water partition coefficient (Wildman–Crippen LogP) is 7.29. The molecule has 8 heteroatoms. The lowest BCUT2D eigenvalue weighted by atomic mass is 9.91. The molecule has 3 aromatic rings. The molecule has 0 spiro atoms. The number of nitrogens with zero attached hydrogens (tertiary/aromatic N) is 1. The van der Waals surface area contributed by atoms with Crippen LogP contribution in [0.3, 0.4) is 0 Å². The number of urea groups is 2. The SMILES string of the molecule is CCCCN1C(=O)NC(c2cccc(NC(=O)Nc3ccc(C(C)C)cc3)c2)C(C(=O)OCC)=C1c1ccccc1. The van der Waals surface area contributed by atoms with Gasteiger partial charge in [0.25, 0.3) is 0 Å². The first-order chi connectivity index (χ1) is 19.8. The largest absolute Gasteiger partial charge is 0.463 e. The molecule has 3 N–H and O–H groups in total. The molecule has 1 aliphatic heterocycles. The van der Waals surface area contributed by atoms with Crippen LogP contribution < -0.4 is 16.0 Å². The van der Waals surface area contributed by atoms with E-state index in [-0.39, 0.29) is 12.6 Å². The Balaban J connectivity index is 1.68. The molecule has 1 aliphatic rings. The number of esters is 1. The molecule has 4 amide bonds. The van der Waals surface area contributed by atoms with Crippen molar-refractivity contribution < 1.29 is 19.1 Å². The van der Waals surface area contributed by atoms with E-state index in [0.717, 1.165) is 18.4 Å². The van der Waals surface area contributed by atoms with E-state index in [1.165, 1.54) is 5.56 Å². The van der Waals surface area contributed by atoms with Gasteiger partial charge in [0.1, 0.15) is 0 Å². The molecule has 4 rings (SSSR count). The topological polar surface area (TPSA) is 99.8 Å². The van der Waals surface area contributed by atoms with E-state index in [0.29, 0.717) is 40.7 Å². The molecule has 41 heavy (non-hydrogen) atoms. The van der Waals surface area contributed by atoms with Crippen molar-refractivity contribution in [2.45, 2.75) is 52.5 Å². The van der Waals surface area contributed by atoms with Crippen molar-refractivity contribution in [1.29, 1.82) is 0 Å². The molecule has 1 heterocycles. The molecule has 0 saturated carbocycles. The summed E-state index contributed by atoms with van der Waals surface area (Å²) in [5, 5.41) is 8.73. The number of carbonyl (C=O) groups is 3. The Morgan fingerprint density at radius 1 is 0.927 bits per heavy atom. The van der Waals surface area contributed by atoms with E-state index in [4.69, 9.17) is 4.74 Å². The lowest BCUT2D eigenvalue weighted by Crippen LogP contribution is -2.48. The van der Waals surface area contributed by atoms with Crippen LogP contribution >= 0.6 is 0 Å². The molecule has 8 nitrogen and oxygen atoms in total. The van der Waals surface area contributed by atoms with Gasteiger partial charge in [0.05, 0.1) is 23.9 Å². The van der Waals surface area contributed by atoms with Crippen molar-refractivity contribution in [2.75, 3.05) is 23.8 Å². The normalized spacial score (nSPS) is 15.0. The molecule has 214 valence electrons. The summed E-state index contributed by atoms with van der Waals surface area (Å²) < 4.78 is 5.50. The monoisotopic (exact) mass is 554 g/mol. The van der Waals surface area contributed by atoms with Gasteiger partial charge in [-0.3, -0.25) is 4.90 Å². The van der Waals surface area contributed by atoms with Gasteiger partial charge in [0.15, 0.2) is 0 Å². The van der Waals surface area contributed by atoms with Crippen molar-refractivity contribution in [1.82, 2.24) is 10.2 Å². The molecule has 0 saturated heterocycles. The average molecular weight is 555 g/mol. The number of anilines is 2. The molecule has 0 bridgehead atoms. The summed E-state index contributed by atoms with van der Waals surface area (Å²) in [6, 6.07) is 22.8. The fourth-order valence-corrected chi connectivity index (χ4v) is 4.81. The van der Waals surface area contributed by atoms with Gasteiger partial charge in [0, 0.05) is 17.9 Å². The van der Waals surface area contributed by atoms with Crippen molar-refractivity contribution in [2.24, 2.45) is 0 Å². The summed E-state index contributed by atoms with van der Waals surface area (Å²) in [6.07, 6.45) is 1.67. The fraction of sp³-hybridized carbons (Fsp3) is 0.303. The van der Waals surface area contributed by atoms with Gasteiger partial charge in [-0.25, -0.2) is 14.4 Å². The van der Waals surface area contributed by atoms with E-state index in [1.807, 2.05) is 60.7 Å². The first-order valence-electron chi connectivity index (χ1n) is 14.1. The molecule has 0 radical (unpaired) electrons. The first-order valence-corrected chi connectivity index (χ1v) is 14.1. The first kappa shape index (κ1) is 29.4. The smallest absolute Gasteiger partial charge is 0.338 e. The maximum Gasteiger partial charge on any atom is 0.338 e. The van der Waals surface area contributed by atoms with Gasteiger partial charge < -0.3 is 20.7 Å². The van der Waals surface area contributed by atoms with Crippen molar-refractivity contribution in [3.05, 3.63) is 101 Å². The Bertz CT molecular complexity index is 1400. The number of nitrogens with one attached hydrogen (secondary N) is 3. The van der Waals surface area contributed by atoms with Gasteiger partial charge in [-0.15, -0.1) is 0 Å². The van der Waals surface area contributed by atoms with E-state index >= 15 is 0 Å². The predicted molar refractivity (Wildman–Crippen MR) is 162 cm³/mol. The number of rotatable bonds is 10. The highest BCUT2D eigenvalue weighted by Crippen LogP contribution is 2.37. The molecule has 1 atom stereocenters. The third-order valence-corrected chi connectivity index (χ3v) is 6.92. The number of carbonyl (C=O) groups excluding carboxylic acids is 3. The minimum atomic E-state index is -0.775. The summed E-state index contributed by atoms with van der Waals surface area (Å²) in [7, 11) is 0. The Kier molecular flexibility index (Phi) is 9.79. The quantitative estimate of drug-likeness (QED) is 0.229. The zero-order chi connectivity index (χ0) is 29.4. The maximum atomic E-state index is 13.5. The van der Waals surface area contributed by atoms with Gasteiger partial charge in [-0.1, -0.05) is 81.8 Å². The van der Waals surface area contributed by atoms with E-state index in [2.05, 4.69) is 36.7 Å². The van der Waals surface area contributed by atoms with Gasteiger partial charge in [-0.2, -0.15) is 0 Å². The zero-order valence-corrected chi connectivity index (χ0v) is 24.1. The molecular weight excluding hydrogens is 516 g/mol. The lowest BCUT2D eigenvalue weighted by Gasteiger charge is -2.37. The van der Waals surface area contributed by atoms with Crippen LogP contribution in [0.2, 0.25) is 0 Å². The van der Waals surface area contributed by atoms with Crippen LogP contribution in [0.5, 0.6) is 0 Å². The lowest BCUT2D eigenvalue weighted by molar-refractivity contribution is -0.138. The van der Waals surface area contributed by atoms with Crippen molar-refractivity contribution >= 4 is 35.1 Å². The Labute approximate surface area is 241 Å². The number of benzene rings is 3. The minimum absolute atomic E-state index is 0.194. The Hall–Kier alpha value is -4.59. The van der Waals surface area contributed by atoms with E-state index < -0.39 is 18.0 Å². The molecule has 0 aromatic heterocycles. The fourth-order valence-electron chi connectivity index (χ4n) is 4.81. The van der Waals surface area contributed by atoms with Crippen LogP contribution in [0.15, 0.2) is 84.4 Å². The van der Waals surface area contributed by atoms with E-state index in [9.17, 15) is 14.4 Å². The summed E-state index contributed by atoms with van der Waals surface area (Å²) in [4.78, 5) is 41.4. The summed E-state index contributed by atoms with van der Waals surface area (Å²) >= 11 is 0. The second-order valence-electron chi connectivity index (χ2n) is 10.2. The summed E-state index contributed by atoms with van der Waals surface area (Å²) in [6.45, 7) is 8.70. The average Bonchev–Trinajstić information content (AvgIpc) is 2.97. The third kappa shape index (κ3) is 7.14. The molecular formula is C33H38N4O4. The third-order valence-electron chi connectivity index (χ3n) is 6.92. The van der Waals surface area contributed by atoms with Crippen LogP contribution in [0.25, 0.3) is 5.70 Å². The number of ether oxygens (including phenoxy) is 1. The van der Waals surface area contributed by atoms with Gasteiger partial charge in [-0.05, 0) is 60.2 Å². The highest BCUT2D eigenvalue weighted by atomic mass is 16.5. The zero-order valence-electron chi connectivity index (χ0n) is 24.1. The minimum Gasteiger partial charge on any atom is -0.463 e. The van der Waals surface area contributed by atoms with Crippen molar-refractivity contribution in [3.63, 3.8) is 0 Å². The van der Waals surface area contributed by atoms with Gasteiger partial charge >= 0.3 is 18.0 Å². The van der Waals surface area contributed by atoms with Crippen LogP contribution in [-0.2, 0) is 9.53 Å². The van der Waals surface area contributed by atoms with Crippen molar-refractivity contribution in [3.8, 4) is 0 Å². The standard InChI is InChI=1S/C33H38N4O4/c1-5-7-20-37-30(24-12-9-8-10-13-24)28(31(38)41-6-2)29(36-33(37)40)25-14-11-15-27(21-25)35-32(39)34-26-18-16-23(17-19-26)22(3)4/h8-19,21-22,29H,5-7,20H2,1-4H3,(H,36,40)(H2,34,35,39). The Morgan fingerprint density at radius 3 is 2.29 bits per heavy atom. The van der Waals surface area contributed by atoms with E-state index in [1.54, 1.807) is 30.0 Å². The Morgan fingerprint density at radius 2 is 1.63 bits per heavy atom. The number of unbranched alkanes of at least 4 members (excludes halogenated alkanes) is 1. The second kappa shape index (κ2) is 13.7. The maximum absolute atomic E-state index is 13.5. The summed E-state index contributed by atoms with van der Waals surface area (Å²) in [5.41, 5.74) is 4.66. The number of hydrogen-bond acceptors (Lipinski definition) is 4. The van der Waals surface area contributed by atoms with Crippen LogP contribution in [0.4, 0.5) is 21.0 Å². The van der Waals surface area contributed by atoms with Crippen LogP contribution in [0.1, 0.15) is 69.2 Å². The highest BCUT2D eigenvalue weighted by Gasteiger charge is 2.38. The number of amides is 4. The van der Waals surface area contributed by atoms with Crippen LogP contribution in [0, 0.1) is 0 Å². The second-order valence-corrected chi connectivity index (χ2v) is 10.2. The molecule has 0 aliphatic carbocycles. The molecule has 0 fully saturated rings. The summed E-state index contributed by atoms with van der Waals surface area (Å²) in [5.74, 6) is -0.102.